The molecule has 1 N–H and O–H groups in total. The minimum Gasteiger partial charge on any atom is -0.355 e. The number of halogens is 2. The Morgan fingerprint density at radius 1 is 0.700 bits per heavy atom. The van der Waals surface area contributed by atoms with Crippen LogP contribution in [-0.2, 0) is 19.2 Å². The molecule has 3 heterocycles. The average Bonchev–Trinajstić information content (AvgIpc) is 3.52. The van der Waals surface area contributed by atoms with Crippen molar-refractivity contribution in [3.8, 4) is 0 Å². The largest absolute Gasteiger partial charge is 0.355 e. The van der Waals surface area contributed by atoms with Crippen molar-refractivity contribution < 1.29 is 19.2 Å². The van der Waals surface area contributed by atoms with Crippen LogP contribution in [0, 0.1) is 0 Å². The molecule has 0 radical (unpaired) electrons. The van der Waals surface area contributed by atoms with Gasteiger partial charge in [0.2, 0.25) is 11.8 Å². The first kappa shape index (κ1) is 38.5. The Hall–Kier alpha value is -2.78. The average molecular weight is 791 g/mol. The van der Waals surface area contributed by atoms with Gasteiger partial charge in [0.25, 0.3) is 11.8 Å². The lowest BCUT2D eigenvalue weighted by Gasteiger charge is -2.34. The van der Waals surface area contributed by atoms with Crippen LogP contribution in [0.3, 0.4) is 0 Å². The summed E-state index contributed by atoms with van der Waals surface area (Å²) >= 11 is 25.3. The number of thiocarbonyl (C=S) groups is 2. The van der Waals surface area contributed by atoms with E-state index in [1.54, 1.807) is 35.2 Å². The Morgan fingerprint density at radius 2 is 1.22 bits per heavy atom. The maximum Gasteiger partial charge on any atom is 0.266 e. The molecular weight excluding hydrogens is 754 g/mol. The van der Waals surface area contributed by atoms with E-state index in [2.05, 4.69) is 10.2 Å². The number of unbranched alkanes of at least 4 members (excludes halogenated alkanes) is 2. The van der Waals surface area contributed by atoms with Crippen LogP contribution < -0.4 is 5.32 Å². The molecule has 5 rings (SSSR count). The van der Waals surface area contributed by atoms with Gasteiger partial charge in [-0.15, -0.1) is 0 Å². The molecule has 0 aromatic heterocycles. The number of carbonyl (C=O) groups excluding carboxylic acids is 4. The number of benzene rings is 2. The van der Waals surface area contributed by atoms with Crippen LogP contribution in [0.2, 0.25) is 10.0 Å². The van der Waals surface area contributed by atoms with Gasteiger partial charge in [-0.05, 0) is 60.4 Å². The van der Waals surface area contributed by atoms with Crippen LogP contribution >= 0.6 is 71.2 Å². The first-order valence-corrected chi connectivity index (χ1v) is 19.6. The van der Waals surface area contributed by atoms with Crippen molar-refractivity contribution in [1.82, 2.24) is 24.9 Å². The fourth-order valence-corrected chi connectivity index (χ4v) is 8.43. The molecule has 0 bridgehead atoms. The topological polar surface area (TPSA) is 93.3 Å². The fraction of sp³-hybridized carbons (Fsp3) is 0.371. The van der Waals surface area contributed by atoms with Gasteiger partial charge in [-0.2, -0.15) is 0 Å². The molecule has 0 atom stereocenters. The van der Waals surface area contributed by atoms with Gasteiger partial charge in [-0.1, -0.05) is 102 Å². The number of thioether (sulfide) groups is 2. The van der Waals surface area contributed by atoms with E-state index in [0.29, 0.717) is 67.6 Å². The first-order valence-electron chi connectivity index (χ1n) is 16.4. The standard InChI is InChI=1S/C35H37Cl2N5O4S4/c36-26-9-5-24(6-10-26)22-28-32(45)41(34(47)49-28)15-3-1-2-4-31(44)40-20-18-39(19-21-40)17-14-38-30(43)13-16-42-33(46)29(50-35(42)48)23-25-7-11-27(37)12-8-25/h5-12,22-23H,1-4,13-21H2,(H,38,43)/b28-22-,29-23+. The van der Waals surface area contributed by atoms with Gasteiger partial charge in [0.1, 0.15) is 8.64 Å². The zero-order valence-corrected chi connectivity index (χ0v) is 32.1. The highest BCUT2D eigenvalue weighted by atomic mass is 35.5. The Morgan fingerprint density at radius 3 is 1.76 bits per heavy atom. The SMILES string of the molecule is O=C(CCN1C(=O)/C(=C\c2ccc(Cl)cc2)SC1=S)NCCN1CCN(C(=O)CCCCCN2C(=O)/C(=C/c3ccc(Cl)cc3)SC2=S)CC1. The highest BCUT2D eigenvalue weighted by molar-refractivity contribution is 8.27. The first-order chi connectivity index (χ1) is 24.1. The van der Waals surface area contributed by atoms with Crippen LogP contribution in [0.25, 0.3) is 12.2 Å². The van der Waals surface area contributed by atoms with Gasteiger partial charge in [-0.3, -0.25) is 33.9 Å². The highest BCUT2D eigenvalue weighted by Crippen LogP contribution is 2.34. The highest BCUT2D eigenvalue weighted by Gasteiger charge is 2.33. The molecule has 3 saturated heterocycles. The zero-order chi connectivity index (χ0) is 35.6. The van der Waals surface area contributed by atoms with Gasteiger partial charge in [0.05, 0.1) is 9.81 Å². The number of nitrogens with zero attached hydrogens (tertiary/aromatic N) is 4. The summed E-state index contributed by atoms with van der Waals surface area (Å²) in [5, 5.41) is 4.20. The summed E-state index contributed by atoms with van der Waals surface area (Å²) in [7, 11) is 0. The lowest BCUT2D eigenvalue weighted by molar-refractivity contribution is -0.133. The van der Waals surface area contributed by atoms with Crippen LogP contribution in [-0.4, -0.2) is 104 Å². The van der Waals surface area contributed by atoms with E-state index in [4.69, 9.17) is 47.6 Å². The fourth-order valence-electron chi connectivity index (χ4n) is 5.56. The smallest absolute Gasteiger partial charge is 0.266 e. The summed E-state index contributed by atoms with van der Waals surface area (Å²) in [5.74, 6) is -0.272. The molecule has 3 fully saturated rings. The molecule has 2 aromatic carbocycles. The van der Waals surface area contributed by atoms with E-state index in [9.17, 15) is 19.2 Å². The van der Waals surface area contributed by atoms with E-state index in [1.165, 1.54) is 28.4 Å². The number of piperazine rings is 1. The molecule has 0 unspecified atom stereocenters. The molecule has 3 aliphatic rings. The molecule has 0 spiro atoms. The lowest BCUT2D eigenvalue weighted by Crippen LogP contribution is -2.50. The van der Waals surface area contributed by atoms with Crippen molar-refractivity contribution in [2.45, 2.75) is 32.1 Å². The normalized spacial score (nSPS) is 18.6. The van der Waals surface area contributed by atoms with E-state index in [0.717, 1.165) is 43.5 Å². The van der Waals surface area contributed by atoms with E-state index < -0.39 is 0 Å². The molecule has 3 aliphatic heterocycles. The number of hydrogen-bond donors (Lipinski definition) is 1. The van der Waals surface area contributed by atoms with Crippen molar-refractivity contribution in [2.75, 3.05) is 52.4 Å². The molecule has 4 amide bonds. The summed E-state index contributed by atoms with van der Waals surface area (Å²) in [6.07, 6.45) is 6.60. The maximum atomic E-state index is 12.9. The van der Waals surface area contributed by atoms with Crippen molar-refractivity contribution in [3.63, 3.8) is 0 Å². The Balaban J connectivity index is 0.917. The Kier molecular flexibility index (Phi) is 14.3. The van der Waals surface area contributed by atoms with Gasteiger partial charge < -0.3 is 10.2 Å². The van der Waals surface area contributed by atoms with Crippen molar-refractivity contribution >= 4 is 116 Å². The van der Waals surface area contributed by atoms with Gasteiger partial charge in [0, 0.05) is 75.2 Å². The van der Waals surface area contributed by atoms with Gasteiger partial charge in [-0.25, -0.2) is 0 Å². The third-order valence-electron chi connectivity index (χ3n) is 8.39. The second kappa shape index (κ2) is 18.6. The number of carbonyl (C=O) groups is 4. The minimum atomic E-state index is -0.199. The molecular formula is C35H37Cl2N5O4S4. The monoisotopic (exact) mass is 789 g/mol. The number of hydrogen-bond acceptors (Lipinski definition) is 9. The predicted octanol–water partition coefficient (Wildman–Crippen LogP) is 6.31. The Labute approximate surface area is 321 Å². The quantitative estimate of drug-likeness (QED) is 0.134. The summed E-state index contributed by atoms with van der Waals surface area (Å²) in [5.41, 5.74) is 1.75. The second-order valence-corrected chi connectivity index (χ2v) is 16.1. The lowest BCUT2D eigenvalue weighted by atomic mass is 10.1. The second-order valence-electron chi connectivity index (χ2n) is 11.9. The number of amides is 4. The van der Waals surface area contributed by atoms with Crippen LogP contribution in [0.4, 0.5) is 0 Å². The van der Waals surface area contributed by atoms with Crippen LogP contribution in [0.5, 0.6) is 0 Å². The molecule has 9 nitrogen and oxygen atoms in total. The molecule has 264 valence electrons. The van der Waals surface area contributed by atoms with Crippen LogP contribution in [0.15, 0.2) is 58.3 Å². The molecule has 15 heteroatoms. The molecule has 0 saturated carbocycles. The van der Waals surface area contributed by atoms with Crippen molar-refractivity contribution in [2.24, 2.45) is 0 Å². The van der Waals surface area contributed by atoms with E-state index >= 15 is 0 Å². The van der Waals surface area contributed by atoms with Crippen molar-refractivity contribution in [1.29, 1.82) is 0 Å². The van der Waals surface area contributed by atoms with Crippen LogP contribution in [0.1, 0.15) is 43.2 Å². The minimum absolute atomic E-state index is 0.0799. The summed E-state index contributed by atoms with van der Waals surface area (Å²) in [4.78, 5) is 59.4. The molecule has 2 aromatic rings. The molecule has 50 heavy (non-hydrogen) atoms. The summed E-state index contributed by atoms with van der Waals surface area (Å²) in [6.45, 7) is 4.74. The van der Waals surface area contributed by atoms with Gasteiger partial charge in [0.15, 0.2) is 0 Å². The third-order valence-corrected chi connectivity index (χ3v) is 11.7. The number of nitrogens with one attached hydrogen (secondary N) is 1. The molecule has 0 aliphatic carbocycles. The van der Waals surface area contributed by atoms with Gasteiger partial charge >= 0.3 is 0 Å². The van der Waals surface area contributed by atoms with E-state index in [-0.39, 0.29) is 36.6 Å². The summed E-state index contributed by atoms with van der Waals surface area (Å²) in [6, 6.07) is 14.5. The predicted molar refractivity (Wildman–Crippen MR) is 212 cm³/mol. The number of rotatable bonds is 14. The third kappa shape index (κ3) is 10.9. The summed E-state index contributed by atoms with van der Waals surface area (Å²) < 4.78 is 1.000. The van der Waals surface area contributed by atoms with E-state index in [1.807, 2.05) is 35.2 Å². The van der Waals surface area contributed by atoms with Crippen molar-refractivity contribution in [3.05, 3.63) is 79.5 Å². The maximum absolute atomic E-state index is 12.9. The zero-order valence-electron chi connectivity index (χ0n) is 27.3. The Bertz CT molecular complexity index is 1680.